The number of aryl methyl sites for hydroxylation is 1. The van der Waals surface area contributed by atoms with Crippen LogP contribution in [-0.2, 0) is 7.05 Å². The van der Waals surface area contributed by atoms with Crippen LogP contribution in [0.25, 0.3) is 0 Å². The molecule has 0 saturated carbocycles. The van der Waals surface area contributed by atoms with Gasteiger partial charge in [0, 0.05) is 26.0 Å². The van der Waals surface area contributed by atoms with Crippen molar-refractivity contribution < 1.29 is 4.79 Å². The largest absolute Gasteiger partial charge is 0.349 e. The van der Waals surface area contributed by atoms with E-state index in [2.05, 4.69) is 22.5 Å². The number of nitrogens with one attached hydrogen (secondary N) is 2. The zero-order valence-electron chi connectivity index (χ0n) is 9.45. The Morgan fingerprint density at radius 2 is 2.33 bits per heavy atom. The molecule has 5 heteroatoms. The maximum absolute atomic E-state index is 11.6. The molecule has 1 unspecified atom stereocenters. The zero-order valence-corrected chi connectivity index (χ0v) is 9.45. The molecule has 1 rings (SSSR count). The molecule has 1 atom stereocenters. The van der Waals surface area contributed by atoms with E-state index in [1.54, 1.807) is 24.0 Å². The van der Waals surface area contributed by atoms with Gasteiger partial charge in [-0.15, -0.1) is 0 Å². The molecule has 0 aliphatic rings. The SMILES string of the molecule is CNCC(C)CNC(=O)c1nccn1C. The second-order valence-electron chi connectivity index (χ2n) is 3.73. The van der Waals surface area contributed by atoms with Crippen molar-refractivity contribution in [1.82, 2.24) is 20.2 Å². The van der Waals surface area contributed by atoms with Gasteiger partial charge in [0.2, 0.25) is 0 Å². The maximum atomic E-state index is 11.6. The van der Waals surface area contributed by atoms with Crippen LogP contribution in [0.5, 0.6) is 0 Å². The normalized spacial score (nSPS) is 12.5. The van der Waals surface area contributed by atoms with Gasteiger partial charge in [0.25, 0.3) is 5.91 Å². The van der Waals surface area contributed by atoms with Crippen LogP contribution in [0.4, 0.5) is 0 Å². The lowest BCUT2D eigenvalue weighted by atomic mass is 10.2. The molecule has 15 heavy (non-hydrogen) atoms. The Morgan fingerprint density at radius 1 is 1.60 bits per heavy atom. The summed E-state index contributed by atoms with van der Waals surface area (Å²) >= 11 is 0. The third-order valence-electron chi connectivity index (χ3n) is 2.19. The Bertz CT molecular complexity index is 321. The predicted octanol–water partition coefficient (Wildman–Crippen LogP) is 0.00540. The first-order valence-electron chi connectivity index (χ1n) is 5.05. The molecule has 0 aliphatic heterocycles. The second kappa shape index (κ2) is 5.50. The molecule has 0 aromatic carbocycles. The van der Waals surface area contributed by atoms with E-state index in [0.29, 0.717) is 18.3 Å². The standard InChI is InChI=1S/C10H18N4O/c1-8(6-11-2)7-13-10(15)9-12-4-5-14(9)3/h4-5,8,11H,6-7H2,1-3H3,(H,13,15). The molecule has 5 nitrogen and oxygen atoms in total. The Morgan fingerprint density at radius 3 is 2.87 bits per heavy atom. The van der Waals surface area contributed by atoms with E-state index in [0.717, 1.165) is 6.54 Å². The molecule has 2 N–H and O–H groups in total. The van der Waals surface area contributed by atoms with Crippen molar-refractivity contribution >= 4 is 5.91 Å². The Kier molecular flexibility index (Phi) is 4.30. The number of nitrogens with zero attached hydrogens (tertiary/aromatic N) is 2. The number of hydrogen-bond acceptors (Lipinski definition) is 3. The van der Waals surface area contributed by atoms with Gasteiger partial charge in [-0.3, -0.25) is 4.79 Å². The first kappa shape index (κ1) is 11.7. The highest BCUT2D eigenvalue weighted by molar-refractivity contribution is 5.90. The van der Waals surface area contributed by atoms with Crippen LogP contribution in [0.1, 0.15) is 17.5 Å². The highest BCUT2D eigenvalue weighted by Gasteiger charge is 2.11. The van der Waals surface area contributed by atoms with Crippen molar-refractivity contribution in [3.05, 3.63) is 18.2 Å². The number of amides is 1. The Labute approximate surface area is 89.9 Å². The van der Waals surface area contributed by atoms with Gasteiger partial charge in [-0.25, -0.2) is 4.98 Å². The van der Waals surface area contributed by atoms with Gasteiger partial charge in [0.05, 0.1) is 0 Å². The van der Waals surface area contributed by atoms with E-state index in [9.17, 15) is 4.79 Å². The molecular formula is C10H18N4O. The molecule has 0 fully saturated rings. The van der Waals surface area contributed by atoms with Crippen molar-refractivity contribution in [3.8, 4) is 0 Å². The molecular weight excluding hydrogens is 192 g/mol. The van der Waals surface area contributed by atoms with Crippen molar-refractivity contribution in [2.75, 3.05) is 20.1 Å². The van der Waals surface area contributed by atoms with Gasteiger partial charge in [0.1, 0.15) is 0 Å². The summed E-state index contributed by atoms with van der Waals surface area (Å²) in [5.74, 6) is 0.747. The quantitative estimate of drug-likeness (QED) is 0.719. The van der Waals surface area contributed by atoms with Gasteiger partial charge in [-0.2, -0.15) is 0 Å². The lowest BCUT2D eigenvalue weighted by Crippen LogP contribution is -2.33. The van der Waals surface area contributed by atoms with Crippen LogP contribution in [0.3, 0.4) is 0 Å². The van der Waals surface area contributed by atoms with Crippen molar-refractivity contribution in [1.29, 1.82) is 0 Å². The molecule has 0 spiro atoms. The molecule has 84 valence electrons. The van der Waals surface area contributed by atoms with Gasteiger partial charge >= 0.3 is 0 Å². The van der Waals surface area contributed by atoms with E-state index in [-0.39, 0.29) is 5.91 Å². The lowest BCUT2D eigenvalue weighted by Gasteiger charge is -2.11. The summed E-state index contributed by atoms with van der Waals surface area (Å²) in [7, 11) is 3.70. The third-order valence-corrected chi connectivity index (χ3v) is 2.19. The average Bonchev–Trinajstić information content (AvgIpc) is 2.61. The van der Waals surface area contributed by atoms with Crippen LogP contribution < -0.4 is 10.6 Å². The van der Waals surface area contributed by atoms with Crippen LogP contribution >= 0.6 is 0 Å². The maximum Gasteiger partial charge on any atom is 0.287 e. The molecule has 1 aromatic rings. The highest BCUT2D eigenvalue weighted by atomic mass is 16.2. The van der Waals surface area contributed by atoms with Crippen LogP contribution in [0.2, 0.25) is 0 Å². The molecule has 0 saturated heterocycles. The first-order chi connectivity index (χ1) is 7.15. The summed E-state index contributed by atoms with van der Waals surface area (Å²) in [5.41, 5.74) is 0. The van der Waals surface area contributed by atoms with Gasteiger partial charge in [-0.05, 0) is 19.5 Å². The second-order valence-corrected chi connectivity index (χ2v) is 3.73. The third kappa shape index (κ3) is 3.36. The molecule has 0 radical (unpaired) electrons. The fourth-order valence-electron chi connectivity index (χ4n) is 1.35. The summed E-state index contributed by atoms with van der Waals surface area (Å²) in [6, 6.07) is 0. The number of carbonyl (C=O) groups is 1. The summed E-state index contributed by atoms with van der Waals surface area (Å²) in [5, 5.41) is 5.91. The number of hydrogen-bond donors (Lipinski definition) is 2. The van der Waals surface area contributed by atoms with E-state index < -0.39 is 0 Å². The Balaban J connectivity index is 2.40. The smallest absolute Gasteiger partial charge is 0.287 e. The minimum absolute atomic E-state index is 0.120. The topological polar surface area (TPSA) is 58.9 Å². The van der Waals surface area contributed by atoms with Gasteiger partial charge in [-0.1, -0.05) is 6.92 Å². The fourth-order valence-corrected chi connectivity index (χ4v) is 1.35. The van der Waals surface area contributed by atoms with Crippen LogP contribution in [-0.4, -0.2) is 35.6 Å². The summed E-state index contributed by atoms with van der Waals surface area (Å²) < 4.78 is 1.71. The van der Waals surface area contributed by atoms with Gasteiger partial charge in [0.15, 0.2) is 5.82 Å². The van der Waals surface area contributed by atoms with E-state index in [1.165, 1.54) is 0 Å². The number of rotatable bonds is 5. The van der Waals surface area contributed by atoms with E-state index >= 15 is 0 Å². The first-order valence-corrected chi connectivity index (χ1v) is 5.05. The fraction of sp³-hybridized carbons (Fsp3) is 0.600. The van der Waals surface area contributed by atoms with Gasteiger partial charge < -0.3 is 15.2 Å². The highest BCUT2D eigenvalue weighted by Crippen LogP contribution is 1.95. The zero-order chi connectivity index (χ0) is 11.3. The predicted molar refractivity (Wildman–Crippen MR) is 58.6 cm³/mol. The van der Waals surface area contributed by atoms with Crippen LogP contribution in [0.15, 0.2) is 12.4 Å². The summed E-state index contributed by atoms with van der Waals surface area (Å²) in [4.78, 5) is 15.6. The Hall–Kier alpha value is -1.36. The number of imidazole rings is 1. The summed E-state index contributed by atoms with van der Waals surface area (Å²) in [6.45, 7) is 3.63. The monoisotopic (exact) mass is 210 g/mol. The average molecular weight is 210 g/mol. The molecule has 0 aliphatic carbocycles. The van der Waals surface area contributed by atoms with Crippen LogP contribution in [0, 0.1) is 5.92 Å². The molecule has 1 amide bonds. The molecule has 1 heterocycles. The number of carbonyl (C=O) groups excluding carboxylic acids is 1. The van der Waals surface area contributed by atoms with Crippen molar-refractivity contribution in [2.45, 2.75) is 6.92 Å². The van der Waals surface area contributed by atoms with E-state index in [1.807, 2.05) is 7.05 Å². The minimum Gasteiger partial charge on any atom is -0.349 e. The lowest BCUT2D eigenvalue weighted by molar-refractivity contribution is 0.0934. The van der Waals surface area contributed by atoms with E-state index in [4.69, 9.17) is 0 Å². The summed E-state index contributed by atoms with van der Waals surface area (Å²) in [6.07, 6.45) is 3.37. The van der Waals surface area contributed by atoms with Crippen molar-refractivity contribution in [3.63, 3.8) is 0 Å². The molecule has 0 bridgehead atoms. The molecule has 1 aromatic heterocycles. The van der Waals surface area contributed by atoms with Crippen molar-refractivity contribution in [2.24, 2.45) is 13.0 Å². The minimum atomic E-state index is -0.120. The number of aromatic nitrogens is 2.